The van der Waals surface area contributed by atoms with Crippen LogP contribution in [0.4, 0.5) is 13.2 Å². The molecule has 78 valence electrons. The maximum Gasteiger partial charge on any atom is 0.405 e. The zero-order valence-electron chi connectivity index (χ0n) is 7.12. The van der Waals surface area contributed by atoms with Gasteiger partial charge in [0.2, 0.25) is 5.91 Å². The molecule has 0 spiro atoms. The second-order valence-electron chi connectivity index (χ2n) is 2.59. The Morgan fingerprint density at radius 2 is 2.08 bits per heavy atom. The molecule has 0 aromatic rings. The molecule has 0 saturated heterocycles. The number of hydrogen-bond donors (Lipinski definition) is 1. The Hall–Kier alpha value is -0.260. The summed E-state index contributed by atoms with van der Waals surface area (Å²) >= 11 is 2.99. The van der Waals surface area contributed by atoms with E-state index >= 15 is 0 Å². The van der Waals surface area contributed by atoms with Crippen LogP contribution in [-0.2, 0) is 4.79 Å². The van der Waals surface area contributed by atoms with Crippen LogP contribution in [0.15, 0.2) is 0 Å². The lowest BCUT2D eigenvalue weighted by atomic mass is 10.2. The molecule has 0 saturated carbocycles. The quantitative estimate of drug-likeness (QED) is 0.773. The van der Waals surface area contributed by atoms with Crippen molar-refractivity contribution in [1.82, 2.24) is 5.32 Å². The van der Waals surface area contributed by atoms with Gasteiger partial charge in [0.05, 0.1) is 4.83 Å². The van der Waals surface area contributed by atoms with Gasteiger partial charge in [0.1, 0.15) is 6.54 Å². The Bertz CT molecular complexity index is 172. The summed E-state index contributed by atoms with van der Waals surface area (Å²) in [4.78, 5) is 10.4. The van der Waals surface area contributed by atoms with Gasteiger partial charge in [-0.25, -0.2) is 0 Å². The van der Waals surface area contributed by atoms with E-state index in [0.717, 1.165) is 6.42 Å². The van der Waals surface area contributed by atoms with Crippen molar-refractivity contribution in [3.63, 3.8) is 0 Å². The SMILES string of the molecule is CCCC(Br)C(=O)NCC(F)(F)F. The van der Waals surface area contributed by atoms with Gasteiger partial charge >= 0.3 is 6.18 Å². The predicted molar refractivity (Wildman–Crippen MR) is 46.7 cm³/mol. The van der Waals surface area contributed by atoms with Gasteiger partial charge in [-0.05, 0) is 6.42 Å². The summed E-state index contributed by atoms with van der Waals surface area (Å²) < 4.78 is 34.9. The number of amides is 1. The molecular formula is C7H11BrF3NO. The lowest BCUT2D eigenvalue weighted by Gasteiger charge is -2.11. The molecule has 0 rings (SSSR count). The highest BCUT2D eigenvalue weighted by molar-refractivity contribution is 9.10. The second-order valence-corrected chi connectivity index (χ2v) is 3.69. The molecule has 0 fully saturated rings. The van der Waals surface area contributed by atoms with E-state index in [2.05, 4.69) is 15.9 Å². The second kappa shape index (κ2) is 5.47. The van der Waals surface area contributed by atoms with Gasteiger partial charge in [0, 0.05) is 0 Å². The van der Waals surface area contributed by atoms with Crippen LogP contribution in [-0.4, -0.2) is 23.5 Å². The number of carbonyl (C=O) groups excluding carboxylic acids is 1. The molecule has 0 aromatic carbocycles. The van der Waals surface area contributed by atoms with Crippen LogP contribution in [0.3, 0.4) is 0 Å². The third-order valence-electron chi connectivity index (χ3n) is 1.29. The number of halogens is 4. The molecule has 0 radical (unpaired) electrons. The fourth-order valence-electron chi connectivity index (χ4n) is 0.683. The number of alkyl halides is 4. The summed E-state index contributed by atoms with van der Waals surface area (Å²) in [7, 11) is 0. The van der Waals surface area contributed by atoms with Gasteiger partial charge in [-0.1, -0.05) is 29.3 Å². The van der Waals surface area contributed by atoms with E-state index in [9.17, 15) is 18.0 Å². The molecule has 0 aliphatic heterocycles. The first-order chi connectivity index (χ1) is 5.87. The molecule has 0 bridgehead atoms. The zero-order valence-corrected chi connectivity index (χ0v) is 8.70. The van der Waals surface area contributed by atoms with Gasteiger partial charge in [-0.15, -0.1) is 0 Å². The van der Waals surface area contributed by atoms with Gasteiger partial charge in [-0.2, -0.15) is 13.2 Å². The summed E-state index contributed by atoms with van der Waals surface area (Å²) in [6, 6.07) is 0. The minimum absolute atomic E-state index is 0.528. The first kappa shape index (κ1) is 12.7. The number of hydrogen-bond acceptors (Lipinski definition) is 1. The summed E-state index contributed by atoms with van der Waals surface area (Å²) in [6.45, 7) is 0.586. The first-order valence-electron chi connectivity index (χ1n) is 3.85. The highest BCUT2D eigenvalue weighted by Crippen LogP contribution is 2.13. The Morgan fingerprint density at radius 1 is 1.54 bits per heavy atom. The predicted octanol–water partition coefficient (Wildman–Crippen LogP) is 2.23. The fraction of sp³-hybridized carbons (Fsp3) is 0.857. The molecule has 0 aromatic heterocycles. The molecule has 1 N–H and O–H groups in total. The smallest absolute Gasteiger partial charge is 0.346 e. The molecule has 0 aliphatic carbocycles. The third kappa shape index (κ3) is 6.86. The van der Waals surface area contributed by atoms with Crippen molar-refractivity contribution in [2.75, 3.05) is 6.54 Å². The van der Waals surface area contributed by atoms with Crippen LogP contribution in [0, 0.1) is 0 Å². The third-order valence-corrected chi connectivity index (χ3v) is 2.16. The van der Waals surface area contributed by atoms with Crippen molar-refractivity contribution in [3.05, 3.63) is 0 Å². The Balaban J connectivity index is 3.74. The highest BCUT2D eigenvalue weighted by Gasteiger charge is 2.28. The van der Waals surface area contributed by atoms with Crippen molar-refractivity contribution in [1.29, 1.82) is 0 Å². The molecule has 2 nitrogen and oxygen atoms in total. The van der Waals surface area contributed by atoms with E-state index in [-0.39, 0.29) is 0 Å². The van der Waals surface area contributed by atoms with Gasteiger partial charge in [0.15, 0.2) is 0 Å². The van der Waals surface area contributed by atoms with Gasteiger partial charge < -0.3 is 5.32 Å². The Morgan fingerprint density at radius 3 is 2.46 bits per heavy atom. The van der Waals surface area contributed by atoms with Crippen LogP contribution in [0.1, 0.15) is 19.8 Å². The maximum absolute atomic E-state index is 11.6. The molecule has 1 atom stereocenters. The van der Waals surface area contributed by atoms with E-state index in [1.54, 1.807) is 5.32 Å². The minimum atomic E-state index is -4.34. The Kier molecular flexibility index (Phi) is 5.36. The normalized spacial score (nSPS) is 13.9. The minimum Gasteiger partial charge on any atom is -0.346 e. The molecule has 1 amide bonds. The van der Waals surface area contributed by atoms with Crippen molar-refractivity contribution in [2.24, 2.45) is 0 Å². The molecular weight excluding hydrogens is 251 g/mol. The largest absolute Gasteiger partial charge is 0.405 e. The van der Waals surface area contributed by atoms with E-state index in [1.807, 2.05) is 6.92 Å². The van der Waals surface area contributed by atoms with E-state index in [4.69, 9.17) is 0 Å². The maximum atomic E-state index is 11.6. The lowest BCUT2D eigenvalue weighted by molar-refractivity contribution is -0.138. The molecule has 13 heavy (non-hydrogen) atoms. The van der Waals surface area contributed by atoms with Crippen LogP contribution >= 0.6 is 15.9 Å². The van der Waals surface area contributed by atoms with E-state index in [0.29, 0.717) is 6.42 Å². The van der Waals surface area contributed by atoms with Crippen LogP contribution in [0.2, 0.25) is 0 Å². The van der Waals surface area contributed by atoms with Gasteiger partial charge in [0.25, 0.3) is 0 Å². The van der Waals surface area contributed by atoms with Crippen molar-refractivity contribution in [3.8, 4) is 0 Å². The first-order valence-corrected chi connectivity index (χ1v) is 4.77. The lowest BCUT2D eigenvalue weighted by Crippen LogP contribution is -2.37. The molecule has 1 unspecified atom stereocenters. The standard InChI is InChI=1S/C7H11BrF3NO/c1-2-3-5(8)6(13)12-4-7(9,10)11/h5H,2-4H2,1H3,(H,12,13). The molecule has 0 heterocycles. The topological polar surface area (TPSA) is 29.1 Å². The average Bonchev–Trinajstić information content (AvgIpc) is 1.99. The molecule has 6 heteroatoms. The average molecular weight is 262 g/mol. The summed E-state index contributed by atoms with van der Waals surface area (Å²) in [5.41, 5.74) is 0. The fourth-order valence-corrected chi connectivity index (χ4v) is 1.30. The van der Waals surface area contributed by atoms with Crippen LogP contribution in [0.5, 0.6) is 0 Å². The summed E-state index contributed by atoms with van der Waals surface area (Å²) in [6.07, 6.45) is -3.06. The van der Waals surface area contributed by atoms with Crippen LogP contribution in [0.25, 0.3) is 0 Å². The van der Waals surface area contributed by atoms with Crippen molar-refractivity contribution < 1.29 is 18.0 Å². The highest BCUT2D eigenvalue weighted by atomic mass is 79.9. The monoisotopic (exact) mass is 261 g/mol. The number of carbonyl (C=O) groups is 1. The van der Waals surface area contributed by atoms with Crippen molar-refractivity contribution in [2.45, 2.75) is 30.8 Å². The summed E-state index contributed by atoms with van der Waals surface area (Å²) in [5.74, 6) is -0.612. The number of nitrogens with one attached hydrogen (secondary N) is 1. The van der Waals surface area contributed by atoms with E-state index in [1.165, 1.54) is 0 Å². The molecule has 0 aliphatic rings. The Labute approximate surface area is 83.0 Å². The van der Waals surface area contributed by atoms with Crippen LogP contribution < -0.4 is 5.32 Å². The van der Waals surface area contributed by atoms with Gasteiger partial charge in [-0.3, -0.25) is 4.79 Å². The van der Waals surface area contributed by atoms with Crippen molar-refractivity contribution >= 4 is 21.8 Å². The summed E-state index contributed by atoms with van der Waals surface area (Å²) in [5, 5.41) is 1.80. The zero-order chi connectivity index (χ0) is 10.5. The number of rotatable bonds is 4. The van der Waals surface area contributed by atoms with E-state index < -0.39 is 23.5 Å².